The Morgan fingerprint density at radius 2 is 2.20 bits per heavy atom. The Kier molecular flexibility index (Phi) is 4.72. The van der Waals surface area contributed by atoms with Gasteiger partial charge >= 0.3 is 0 Å². The number of nitrogens with zero attached hydrogens (tertiary/aromatic N) is 7. The summed E-state index contributed by atoms with van der Waals surface area (Å²) in [6, 6.07) is 4.15. The zero-order valence-corrected chi connectivity index (χ0v) is 13.4. The average Bonchev–Trinajstić information content (AvgIpc) is 3.20. The van der Waals surface area contributed by atoms with E-state index in [1.165, 1.54) is 6.33 Å². The van der Waals surface area contributed by atoms with Gasteiger partial charge in [0.1, 0.15) is 23.8 Å². The molecule has 0 atom stereocenters. The lowest BCUT2D eigenvalue weighted by Gasteiger charge is -2.06. The van der Waals surface area contributed by atoms with Crippen molar-refractivity contribution >= 4 is 22.7 Å². The maximum absolute atomic E-state index is 9.05. The average molecular weight is 336 g/mol. The number of nitrogen functional groups attached to an aromatic ring is 1. The number of nitrogens with one attached hydrogen (secondary N) is 2. The van der Waals surface area contributed by atoms with Crippen LogP contribution in [0.3, 0.4) is 0 Å². The van der Waals surface area contributed by atoms with Crippen molar-refractivity contribution in [2.24, 2.45) is 0 Å². The maximum Gasteiger partial charge on any atom is 0.163 e. The van der Waals surface area contributed by atoms with Crippen LogP contribution in [-0.4, -0.2) is 36.5 Å². The predicted molar refractivity (Wildman–Crippen MR) is 90.1 cm³/mol. The molecule has 0 aliphatic heterocycles. The molecular weight excluding hydrogens is 320 g/mol. The van der Waals surface area contributed by atoms with Crippen molar-refractivity contribution in [1.82, 2.24) is 29.9 Å². The van der Waals surface area contributed by atoms with Gasteiger partial charge in [0.25, 0.3) is 0 Å². The van der Waals surface area contributed by atoms with E-state index >= 15 is 0 Å². The first-order valence-electron chi connectivity index (χ1n) is 7.74. The van der Waals surface area contributed by atoms with Gasteiger partial charge in [0.15, 0.2) is 11.5 Å². The van der Waals surface area contributed by atoms with Crippen LogP contribution >= 0.6 is 0 Å². The SMILES string of the molecule is N#CCCn1ncc2c(NCCCc3[nH]nc(N)c3C#N)ncnc21. The van der Waals surface area contributed by atoms with E-state index < -0.39 is 0 Å². The first-order chi connectivity index (χ1) is 12.2. The Labute approximate surface area is 143 Å². The van der Waals surface area contributed by atoms with Crippen LogP contribution in [0.15, 0.2) is 12.5 Å². The molecule has 0 saturated carbocycles. The van der Waals surface area contributed by atoms with Gasteiger partial charge in [0.05, 0.1) is 36.3 Å². The molecule has 0 aliphatic rings. The fourth-order valence-corrected chi connectivity index (χ4v) is 2.53. The van der Waals surface area contributed by atoms with E-state index in [2.05, 4.69) is 42.7 Å². The molecule has 0 bridgehead atoms. The lowest BCUT2D eigenvalue weighted by Crippen LogP contribution is -2.06. The molecule has 10 nitrogen and oxygen atoms in total. The zero-order chi connectivity index (χ0) is 17.6. The number of H-pyrrole nitrogens is 1. The molecule has 0 fully saturated rings. The van der Waals surface area contributed by atoms with Crippen molar-refractivity contribution in [1.29, 1.82) is 10.5 Å². The highest BCUT2D eigenvalue weighted by Gasteiger charge is 2.11. The number of nitriles is 2. The lowest BCUT2D eigenvalue weighted by atomic mass is 10.1. The molecule has 3 rings (SSSR count). The number of aromatic nitrogens is 6. The van der Waals surface area contributed by atoms with Crippen molar-refractivity contribution in [2.75, 3.05) is 17.6 Å². The van der Waals surface area contributed by atoms with E-state index in [4.69, 9.17) is 16.3 Å². The zero-order valence-electron chi connectivity index (χ0n) is 13.4. The summed E-state index contributed by atoms with van der Waals surface area (Å²) >= 11 is 0. The van der Waals surface area contributed by atoms with E-state index in [1.807, 2.05) is 0 Å². The topological polar surface area (TPSA) is 158 Å². The summed E-state index contributed by atoms with van der Waals surface area (Å²) in [5.74, 6) is 0.922. The van der Waals surface area contributed by atoms with Gasteiger partial charge in [-0.25, -0.2) is 14.6 Å². The first-order valence-corrected chi connectivity index (χ1v) is 7.74. The van der Waals surface area contributed by atoms with Crippen LogP contribution in [-0.2, 0) is 13.0 Å². The van der Waals surface area contributed by atoms with Crippen LogP contribution < -0.4 is 11.1 Å². The number of nitrogens with two attached hydrogens (primary N) is 1. The van der Waals surface area contributed by atoms with Crippen LogP contribution in [0.25, 0.3) is 11.0 Å². The molecule has 4 N–H and O–H groups in total. The number of rotatable bonds is 7. The van der Waals surface area contributed by atoms with E-state index in [-0.39, 0.29) is 5.82 Å². The van der Waals surface area contributed by atoms with Gasteiger partial charge in [-0.3, -0.25) is 5.10 Å². The highest BCUT2D eigenvalue weighted by atomic mass is 15.3. The normalized spacial score (nSPS) is 10.5. The summed E-state index contributed by atoms with van der Waals surface area (Å²) in [5, 5.41) is 32.7. The number of aromatic amines is 1. The van der Waals surface area contributed by atoms with Gasteiger partial charge in [-0.2, -0.15) is 20.7 Å². The molecule has 0 amide bonds. The molecule has 3 aromatic rings. The smallest absolute Gasteiger partial charge is 0.163 e. The maximum atomic E-state index is 9.05. The summed E-state index contributed by atoms with van der Waals surface area (Å²) in [6.45, 7) is 1.15. The molecule has 0 aromatic carbocycles. The summed E-state index contributed by atoms with van der Waals surface area (Å²) < 4.78 is 1.69. The van der Waals surface area contributed by atoms with Gasteiger partial charge in [0.2, 0.25) is 0 Å². The molecule has 3 aromatic heterocycles. The quantitative estimate of drug-likeness (QED) is 0.538. The largest absolute Gasteiger partial charge is 0.381 e. The molecular formula is C15H16N10. The Bertz CT molecular complexity index is 955. The van der Waals surface area contributed by atoms with Crippen LogP contribution in [0.5, 0.6) is 0 Å². The first kappa shape index (κ1) is 16.2. The van der Waals surface area contributed by atoms with E-state index in [9.17, 15) is 0 Å². The number of hydrogen-bond donors (Lipinski definition) is 3. The number of fused-ring (bicyclic) bond motifs is 1. The fourth-order valence-electron chi connectivity index (χ4n) is 2.53. The molecule has 3 heterocycles. The summed E-state index contributed by atoms with van der Waals surface area (Å²) in [5.41, 5.74) is 7.46. The molecule has 10 heteroatoms. The third-order valence-corrected chi connectivity index (χ3v) is 3.75. The van der Waals surface area contributed by atoms with Crippen molar-refractivity contribution in [3.8, 4) is 12.1 Å². The number of aryl methyl sites for hydroxylation is 2. The van der Waals surface area contributed by atoms with Gasteiger partial charge in [-0.1, -0.05) is 0 Å². The fraction of sp³-hybridized carbons (Fsp3) is 0.333. The Hall–Kier alpha value is -3.66. The predicted octanol–water partition coefficient (Wildman–Crippen LogP) is 0.962. The van der Waals surface area contributed by atoms with E-state index in [0.29, 0.717) is 43.0 Å². The van der Waals surface area contributed by atoms with Crippen molar-refractivity contribution in [2.45, 2.75) is 25.8 Å². The van der Waals surface area contributed by atoms with Gasteiger partial charge < -0.3 is 11.1 Å². The van der Waals surface area contributed by atoms with E-state index in [0.717, 1.165) is 17.5 Å². The van der Waals surface area contributed by atoms with Crippen LogP contribution in [0, 0.1) is 22.7 Å². The minimum absolute atomic E-state index is 0.229. The van der Waals surface area contributed by atoms with Crippen molar-refractivity contribution in [3.05, 3.63) is 23.8 Å². The highest BCUT2D eigenvalue weighted by molar-refractivity contribution is 5.86. The van der Waals surface area contributed by atoms with Crippen LogP contribution in [0.1, 0.15) is 24.1 Å². The van der Waals surface area contributed by atoms with Gasteiger partial charge in [0, 0.05) is 6.54 Å². The van der Waals surface area contributed by atoms with Crippen molar-refractivity contribution in [3.63, 3.8) is 0 Å². The summed E-state index contributed by atoms with van der Waals surface area (Å²) in [6.07, 6.45) is 4.95. The second kappa shape index (κ2) is 7.27. The van der Waals surface area contributed by atoms with Crippen LogP contribution in [0.4, 0.5) is 11.6 Å². The molecule has 126 valence electrons. The minimum atomic E-state index is 0.229. The third-order valence-electron chi connectivity index (χ3n) is 3.75. The van der Waals surface area contributed by atoms with Gasteiger partial charge in [-0.05, 0) is 12.8 Å². The summed E-state index contributed by atoms with van der Waals surface area (Å²) in [7, 11) is 0. The lowest BCUT2D eigenvalue weighted by molar-refractivity contribution is 0.643. The molecule has 0 saturated heterocycles. The van der Waals surface area contributed by atoms with Gasteiger partial charge in [-0.15, -0.1) is 0 Å². The molecule has 0 aliphatic carbocycles. The molecule has 25 heavy (non-hydrogen) atoms. The molecule has 0 spiro atoms. The monoisotopic (exact) mass is 336 g/mol. The summed E-state index contributed by atoms with van der Waals surface area (Å²) in [4.78, 5) is 8.48. The minimum Gasteiger partial charge on any atom is -0.381 e. The Morgan fingerprint density at radius 1 is 1.32 bits per heavy atom. The standard InChI is InChI=1S/C15H16N10/c16-4-2-6-25-15-11(8-22-25)14(20-9-21-15)19-5-1-3-12-10(7-17)13(18)24-23-12/h8-9H,1-3,5-6H2,(H3,18,23,24)(H,19,20,21). The second-order valence-electron chi connectivity index (χ2n) is 5.34. The van der Waals surface area contributed by atoms with Crippen molar-refractivity contribution < 1.29 is 0 Å². The Morgan fingerprint density at radius 3 is 3.00 bits per heavy atom. The Balaban J connectivity index is 1.63. The number of hydrogen-bond acceptors (Lipinski definition) is 8. The third kappa shape index (κ3) is 3.33. The van der Waals surface area contributed by atoms with Crippen LogP contribution in [0.2, 0.25) is 0 Å². The van der Waals surface area contributed by atoms with E-state index in [1.54, 1.807) is 10.9 Å². The molecule has 0 unspecified atom stereocenters. The second-order valence-corrected chi connectivity index (χ2v) is 5.34. The number of anilines is 2. The highest BCUT2D eigenvalue weighted by Crippen LogP contribution is 2.19. The molecule has 0 radical (unpaired) electrons.